The molecule has 1 fully saturated rings. The lowest BCUT2D eigenvalue weighted by Crippen LogP contribution is -2.55. The molecule has 0 aromatic heterocycles. The van der Waals surface area contributed by atoms with Crippen LogP contribution in [-0.2, 0) is 18.4 Å². The SMILES string of the molecule is CC[Si](CC)(CC)OCCC[C@@H](O[Si](C)(C)C(C)(C)C)[C@@H]1OC(=O)[C@H](C)[C@H]1[Si](C)(C)c1ccccc1. The third-order valence-electron chi connectivity index (χ3n) is 9.46. The molecule has 0 bridgehead atoms. The van der Waals surface area contributed by atoms with Gasteiger partial charge in [-0.05, 0) is 49.1 Å². The van der Waals surface area contributed by atoms with Crippen LogP contribution in [-0.4, -0.2) is 49.5 Å². The molecule has 1 aromatic carbocycles. The first kappa shape index (κ1) is 31.5. The van der Waals surface area contributed by atoms with Gasteiger partial charge in [-0.1, -0.05) is 97.1 Å². The molecule has 0 N–H and O–H groups in total. The molecule has 0 saturated carbocycles. The summed E-state index contributed by atoms with van der Waals surface area (Å²) in [6.07, 6.45) is 1.52. The molecular formula is C29H54O4Si3. The number of hydrogen-bond acceptors (Lipinski definition) is 4. The van der Waals surface area contributed by atoms with Crippen molar-refractivity contribution in [3.63, 3.8) is 0 Å². The van der Waals surface area contributed by atoms with Gasteiger partial charge in [-0.2, -0.15) is 0 Å². The fraction of sp³-hybridized carbons (Fsp3) is 0.759. The van der Waals surface area contributed by atoms with Gasteiger partial charge in [-0.3, -0.25) is 4.79 Å². The van der Waals surface area contributed by atoms with Crippen LogP contribution in [0.1, 0.15) is 61.3 Å². The highest BCUT2D eigenvalue weighted by atomic mass is 28.4. The monoisotopic (exact) mass is 550 g/mol. The predicted octanol–water partition coefficient (Wildman–Crippen LogP) is 7.73. The van der Waals surface area contributed by atoms with Crippen LogP contribution in [0, 0.1) is 5.92 Å². The molecule has 0 aliphatic carbocycles. The van der Waals surface area contributed by atoms with Crippen LogP contribution in [0.4, 0.5) is 0 Å². The normalized spacial score (nSPS) is 22.5. The zero-order chi connectivity index (χ0) is 27.4. The molecular weight excluding hydrogens is 497 g/mol. The van der Waals surface area contributed by atoms with Crippen molar-refractivity contribution >= 4 is 35.9 Å². The Labute approximate surface area is 225 Å². The Morgan fingerprint density at radius 3 is 2.03 bits per heavy atom. The van der Waals surface area contributed by atoms with Gasteiger partial charge in [0.15, 0.2) is 16.6 Å². The lowest BCUT2D eigenvalue weighted by atomic mass is 10.00. The van der Waals surface area contributed by atoms with E-state index in [-0.39, 0.29) is 34.7 Å². The lowest BCUT2D eigenvalue weighted by molar-refractivity contribution is -0.147. The van der Waals surface area contributed by atoms with Crippen molar-refractivity contribution in [1.82, 2.24) is 0 Å². The van der Waals surface area contributed by atoms with Gasteiger partial charge in [-0.15, -0.1) is 0 Å². The predicted molar refractivity (Wildman–Crippen MR) is 161 cm³/mol. The van der Waals surface area contributed by atoms with E-state index in [1.807, 2.05) is 0 Å². The van der Waals surface area contributed by atoms with E-state index >= 15 is 0 Å². The van der Waals surface area contributed by atoms with Gasteiger partial charge in [0.25, 0.3) is 0 Å². The van der Waals surface area contributed by atoms with E-state index in [2.05, 4.69) is 105 Å². The molecule has 1 aromatic rings. The van der Waals surface area contributed by atoms with Crippen molar-refractivity contribution in [2.45, 2.75) is 128 Å². The van der Waals surface area contributed by atoms with Crippen LogP contribution < -0.4 is 5.19 Å². The van der Waals surface area contributed by atoms with E-state index in [9.17, 15) is 4.79 Å². The summed E-state index contributed by atoms with van der Waals surface area (Å²) in [7, 11) is -5.72. The summed E-state index contributed by atoms with van der Waals surface area (Å²) in [5.74, 6) is -0.171. The molecule has 0 radical (unpaired) electrons. The van der Waals surface area contributed by atoms with Crippen LogP contribution >= 0.6 is 0 Å². The zero-order valence-electron chi connectivity index (χ0n) is 25.1. The third-order valence-corrected chi connectivity index (χ3v) is 23.0. The van der Waals surface area contributed by atoms with Crippen molar-refractivity contribution in [2.75, 3.05) is 6.61 Å². The number of esters is 1. The van der Waals surface area contributed by atoms with Crippen LogP contribution in [0.15, 0.2) is 30.3 Å². The van der Waals surface area contributed by atoms with E-state index < -0.39 is 24.7 Å². The number of carbonyl (C=O) groups excluding carboxylic acids is 1. The fourth-order valence-corrected chi connectivity index (χ4v) is 13.6. The molecule has 1 aliphatic heterocycles. The Balaban J connectivity index is 2.35. The first-order chi connectivity index (χ1) is 16.7. The van der Waals surface area contributed by atoms with Crippen molar-refractivity contribution in [2.24, 2.45) is 5.92 Å². The maximum Gasteiger partial charge on any atom is 0.309 e. The quantitative estimate of drug-likeness (QED) is 0.143. The molecule has 2 rings (SSSR count). The summed E-state index contributed by atoms with van der Waals surface area (Å²) >= 11 is 0. The number of cyclic esters (lactones) is 1. The summed E-state index contributed by atoms with van der Waals surface area (Å²) in [5, 5.41) is 1.47. The molecule has 36 heavy (non-hydrogen) atoms. The first-order valence-corrected chi connectivity index (χ1v) is 22.7. The van der Waals surface area contributed by atoms with E-state index in [4.69, 9.17) is 13.6 Å². The zero-order valence-corrected chi connectivity index (χ0v) is 28.1. The Bertz CT molecular complexity index is 822. The first-order valence-electron chi connectivity index (χ1n) is 14.2. The molecule has 1 aliphatic rings. The molecule has 4 nitrogen and oxygen atoms in total. The number of rotatable bonds is 13. The average Bonchev–Trinajstić information content (AvgIpc) is 3.13. The standard InChI is InChI=1S/C29H54O4Si3/c1-12-36(13-2,14-3)31-22-18-21-25(33-35(10,11)29(5,6)7)26-27(23(4)28(30)32-26)34(8,9)24-19-16-15-17-20-24/h15-17,19-20,23,25-27H,12-14,18,21-22H2,1-11H3/t23-,25-,26+,27-/m1/s1. The highest BCUT2D eigenvalue weighted by Gasteiger charge is 2.55. The van der Waals surface area contributed by atoms with Crippen LogP contribution in [0.5, 0.6) is 0 Å². The van der Waals surface area contributed by atoms with E-state index in [0.29, 0.717) is 0 Å². The van der Waals surface area contributed by atoms with Gasteiger partial charge in [0.05, 0.1) is 20.1 Å². The minimum Gasteiger partial charge on any atom is -0.459 e. The highest BCUT2D eigenvalue weighted by molar-refractivity contribution is 6.91. The number of hydrogen-bond donors (Lipinski definition) is 0. The van der Waals surface area contributed by atoms with Gasteiger partial charge in [-0.25, -0.2) is 0 Å². The lowest BCUT2D eigenvalue weighted by Gasteiger charge is -2.43. The van der Waals surface area contributed by atoms with Crippen molar-refractivity contribution in [1.29, 1.82) is 0 Å². The second-order valence-electron chi connectivity index (χ2n) is 13.0. The second-order valence-corrected chi connectivity index (χ2v) is 27.2. The van der Waals surface area contributed by atoms with Gasteiger partial charge < -0.3 is 13.6 Å². The van der Waals surface area contributed by atoms with E-state index in [1.54, 1.807) is 0 Å². The van der Waals surface area contributed by atoms with Gasteiger partial charge in [0.1, 0.15) is 6.10 Å². The van der Waals surface area contributed by atoms with Gasteiger partial charge >= 0.3 is 5.97 Å². The van der Waals surface area contributed by atoms with Crippen molar-refractivity contribution in [3.8, 4) is 0 Å². The van der Waals surface area contributed by atoms with Crippen molar-refractivity contribution < 1.29 is 18.4 Å². The Morgan fingerprint density at radius 2 is 1.53 bits per heavy atom. The second kappa shape index (κ2) is 12.4. The maximum atomic E-state index is 13.1. The van der Waals surface area contributed by atoms with E-state index in [1.165, 1.54) is 23.3 Å². The largest absolute Gasteiger partial charge is 0.459 e. The molecule has 0 unspecified atom stereocenters. The average molecular weight is 551 g/mol. The smallest absolute Gasteiger partial charge is 0.309 e. The molecule has 1 saturated heterocycles. The third kappa shape index (κ3) is 7.01. The molecule has 0 amide bonds. The van der Waals surface area contributed by atoms with Gasteiger partial charge in [0.2, 0.25) is 0 Å². The fourth-order valence-electron chi connectivity index (χ4n) is 5.62. The summed E-state index contributed by atoms with van der Waals surface area (Å²) in [4.78, 5) is 13.1. The Morgan fingerprint density at radius 1 is 0.972 bits per heavy atom. The van der Waals surface area contributed by atoms with Crippen molar-refractivity contribution in [3.05, 3.63) is 30.3 Å². The molecule has 206 valence electrons. The summed E-state index contributed by atoms with van der Waals surface area (Å²) in [6.45, 7) is 26.0. The topological polar surface area (TPSA) is 44.8 Å². The summed E-state index contributed by atoms with van der Waals surface area (Å²) < 4.78 is 19.9. The molecule has 4 atom stereocenters. The van der Waals surface area contributed by atoms with E-state index in [0.717, 1.165) is 19.4 Å². The molecule has 7 heteroatoms. The maximum absolute atomic E-state index is 13.1. The molecule has 1 heterocycles. The minimum atomic E-state index is -2.07. The van der Waals surface area contributed by atoms with Crippen LogP contribution in [0.2, 0.25) is 54.9 Å². The molecule has 0 spiro atoms. The number of carbonyl (C=O) groups is 1. The number of ether oxygens (including phenoxy) is 1. The summed E-state index contributed by atoms with van der Waals surface area (Å²) in [6, 6.07) is 14.3. The Kier molecular flexibility index (Phi) is 10.9. The summed E-state index contributed by atoms with van der Waals surface area (Å²) in [5.41, 5.74) is 0.179. The highest BCUT2D eigenvalue weighted by Crippen LogP contribution is 2.46. The van der Waals surface area contributed by atoms with Crippen LogP contribution in [0.25, 0.3) is 0 Å². The van der Waals surface area contributed by atoms with Crippen LogP contribution in [0.3, 0.4) is 0 Å². The number of benzene rings is 1. The minimum absolute atomic E-state index is 0.0593. The Hall–Kier alpha value is -0.739. The van der Waals surface area contributed by atoms with Gasteiger partial charge in [0, 0.05) is 12.1 Å².